The van der Waals surface area contributed by atoms with E-state index in [0.29, 0.717) is 25.1 Å². The number of benzene rings is 2. The van der Waals surface area contributed by atoms with Gasteiger partial charge in [-0.15, -0.1) is 0 Å². The monoisotopic (exact) mass is 370 g/mol. The first kappa shape index (κ1) is 20.5. The third-order valence-electron chi connectivity index (χ3n) is 4.37. The van der Waals surface area contributed by atoms with Crippen molar-refractivity contribution in [3.8, 4) is 5.75 Å². The predicted octanol–water partition coefficient (Wildman–Crippen LogP) is 1.98. The van der Waals surface area contributed by atoms with Crippen molar-refractivity contribution < 1.29 is 19.4 Å². The maximum atomic E-state index is 12.0. The summed E-state index contributed by atoms with van der Waals surface area (Å²) in [6.07, 6.45) is 1.26. The zero-order valence-corrected chi connectivity index (χ0v) is 15.5. The van der Waals surface area contributed by atoms with E-state index in [0.717, 1.165) is 11.1 Å². The van der Waals surface area contributed by atoms with Crippen molar-refractivity contribution in [3.05, 3.63) is 65.7 Å². The number of carbonyl (C=O) groups excluding carboxylic acids is 2. The van der Waals surface area contributed by atoms with Crippen molar-refractivity contribution in [3.63, 3.8) is 0 Å². The average molecular weight is 370 g/mol. The van der Waals surface area contributed by atoms with Gasteiger partial charge in [-0.25, -0.2) is 0 Å². The van der Waals surface area contributed by atoms with Crippen LogP contribution >= 0.6 is 0 Å². The molecule has 0 aliphatic rings. The Labute approximate surface area is 159 Å². The number of ether oxygens (including phenoxy) is 1. The SMILES string of the molecule is COc1ccccc1CNC(=O)C(=O)NCCC(CCO)c1ccccc1. The Hall–Kier alpha value is -2.86. The number of methoxy groups -OCH3 is 1. The molecule has 0 saturated carbocycles. The molecule has 144 valence electrons. The van der Waals surface area contributed by atoms with E-state index >= 15 is 0 Å². The van der Waals surface area contributed by atoms with Crippen LogP contribution in [-0.2, 0) is 16.1 Å². The van der Waals surface area contributed by atoms with E-state index in [2.05, 4.69) is 10.6 Å². The van der Waals surface area contributed by atoms with Crippen LogP contribution in [0.3, 0.4) is 0 Å². The maximum absolute atomic E-state index is 12.0. The van der Waals surface area contributed by atoms with Crippen LogP contribution in [-0.4, -0.2) is 37.2 Å². The lowest BCUT2D eigenvalue weighted by Crippen LogP contribution is -2.40. The Bertz CT molecular complexity index is 734. The van der Waals surface area contributed by atoms with E-state index in [4.69, 9.17) is 4.74 Å². The number of hydrogen-bond acceptors (Lipinski definition) is 4. The van der Waals surface area contributed by atoms with Crippen LogP contribution in [0.4, 0.5) is 0 Å². The molecule has 0 bridgehead atoms. The van der Waals surface area contributed by atoms with Crippen LogP contribution in [0.1, 0.15) is 29.9 Å². The Balaban J connectivity index is 1.79. The number of carbonyl (C=O) groups is 2. The quantitative estimate of drug-likeness (QED) is 0.589. The molecule has 6 heteroatoms. The highest BCUT2D eigenvalue weighted by molar-refractivity contribution is 6.35. The van der Waals surface area contributed by atoms with E-state index < -0.39 is 11.8 Å². The molecule has 2 rings (SSSR count). The number of aliphatic hydroxyl groups is 1. The van der Waals surface area contributed by atoms with Gasteiger partial charge in [-0.05, 0) is 30.4 Å². The van der Waals surface area contributed by atoms with E-state index in [9.17, 15) is 14.7 Å². The second-order valence-electron chi connectivity index (χ2n) is 6.16. The lowest BCUT2D eigenvalue weighted by molar-refractivity contribution is -0.139. The van der Waals surface area contributed by atoms with E-state index in [1.165, 1.54) is 0 Å². The number of nitrogens with one attached hydrogen (secondary N) is 2. The molecule has 1 unspecified atom stereocenters. The fraction of sp³-hybridized carbons (Fsp3) is 0.333. The molecule has 2 aromatic rings. The summed E-state index contributed by atoms with van der Waals surface area (Å²) in [4.78, 5) is 24.0. The number of aliphatic hydroxyl groups excluding tert-OH is 1. The molecule has 0 aliphatic heterocycles. The van der Waals surface area contributed by atoms with Gasteiger partial charge in [0.1, 0.15) is 5.75 Å². The van der Waals surface area contributed by atoms with Gasteiger partial charge in [-0.3, -0.25) is 9.59 Å². The van der Waals surface area contributed by atoms with Crippen molar-refractivity contribution in [1.29, 1.82) is 0 Å². The molecule has 0 aromatic heterocycles. The molecule has 0 radical (unpaired) electrons. The van der Waals surface area contributed by atoms with Gasteiger partial charge in [0.25, 0.3) is 0 Å². The molecular formula is C21H26N2O4. The zero-order chi connectivity index (χ0) is 19.5. The van der Waals surface area contributed by atoms with Crippen LogP contribution in [0.25, 0.3) is 0 Å². The highest BCUT2D eigenvalue weighted by Crippen LogP contribution is 2.22. The van der Waals surface area contributed by atoms with Crippen molar-refractivity contribution in [2.24, 2.45) is 0 Å². The Morgan fingerprint density at radius 1 is 0.963 bits per heavy atom. The zero-order valence-electron chi connectivity index (χ0n) is 15.5. The third kappa shape index (κ3) is 6.42. The molecule has 2 amide bonds. The summed E-state index contributed by atoms with van der Waals surface area (Å²) >= 11 is 0. The van der Waals surface area contributed by atoms with E-state index in [-0.39, 0.29) is 19.1 Å². The molecule has 6 nitrogen and oxygen atoms in total. The van der Waals surface area contributed by atoms with Gasteiger partial charge in [0.2, 0.25) is 0 Å². The summed E-state index contributed by atoms with van der Waals surface area (Å²) in [6, 6.07) is 17.1. The standard InChI is InChI=1S/C21H26N2O4/c1-27-19-10-6-5-9-18(19)15-23-21(26)20(25)22-13-11-17(12-14-24)16-7-3-2-4-8-16/h2-10,17,24H,11-15H2,1H3,(H,22,25)(H,23,26). The molecule has 0 aliphatic carbocycles. The number of hydrogen-bond donors (Lipinski definition) is 3. The molecule has 2 aromatic carbocycles. The summed E-state index contributed by atoms with van der Waals surface area (Å²) in [5.41, 5.74) is 1.91. The summed E-state index contributed by atoms with van der Waals surface area (Å²) < 4.78 is 5.22. The molecule has 0 saturated heterocycles. The second-order valence-corrected chi connectivity index (χ2v) is 6.16. The highest BCUT2D eigenvalue weighted by atomic mass is 16.5. The van der Waals surface area contributed by atoms with Gasteiger partial charge in [0.05, 0.1) is 7.11 Å². The largest absolute Gasteiger partial charge is 0.496 e. The topological polar surface area (TPSA) is 87.7 Å². The predicted molar refractivity (Wildman–Crippen MR) is 103 cm³/mol. The maximum Gasteiger partial charge on any atom is 0.309 e. The molecule has 0 spiro atoms. The highest BCUT2D eigenvalue weighted by Gasteiger charge is 2.15. The van der Waals surface area contributed by atoms with Crippen molar-refractivity contribution in [1.82, 2.24) is 10.6 Å². The van der Waals surface area contributed by atoms with Crippen LogP contribution in [0, 0.1) is 0 Å². The molecule has 0 fully saturated rings. The van der Waals surface area contributed by atoms with Crippen LogP contribution in [0.5, 0.6) is 5.75 Å². The van der Waals surface area contributed by atoms with Gasteiger partial charge in [0.15, 0.2) is 0 Å². The second kappa shape index (κ2) is 11.0. The van der Waals surface area contributed by atoms with E-state index in [1.807, 2.05) is 48.5 Å². The summed E-state index contributed by atoms with van der Waals surface area (Å²) in [7, 11) is 1.56. The third-order valence-corrected chi connectivity index (χ3v) is 4.37. The fourth-order valence-corrected chi connectivity index (χ4v) is 2.90. The van der Waals surface area contributed by atoms with Gasteiger partial charge in [-0.2, -0.15) is 0 Å². The first-order valence-corrected chi connectivity index (χ1v) is 8.99. The Morgan fingerprint density at radius 3 is 2.33 bits per heavy atom. The van der Waals surface area contributed by atoms with Crippen LogP contribution in [0.2, 0.25) is 0 Å². The van der Waals surface area contributed by atoms with Crippen molar-refractivity contribution in [2.45, 2.75) is 25.3 Å². The Kier molecular flexibility index (Phi) is 8.32. The van der Waals surface area contributed by atoms with Gasteiger partial charge in [0, 0.05) is 25.3 Å². The number of para-hydroxylation sites is 1. The summed E-state index contributed by atoms with van der Waals surface area (Å²) in [5, 5.41) is 14.5. The summed E-state index contributed by atoms with van der Waals surface area (Å²) in [6.45, 7) is 0.654. The van der Waals surface area contributed by atoms with Gasteiger partial charge in [-0.1, -0.05) is 48.5 Å². The fourth-order valence-electron chi connectivity index (χ4n) is 2.90. The van der Waals surface area contributed by atoms with E-state index in [1.54, 1.807) is 13.2 Å². The summed E-state index contributed by atoms with van der Waals surface area (Å²) in [5.74, 6) is -0.555. The molecular weight excluding hydrogens is 344 g/mol. The minimum Gasteiger partial charge on any atom is -0.496 e. The first-order chi connectivity index (χ1) is 13.2. The molecule has 0 heterocycles. The lowest BCUT2D eigenvalue weighted by atomic mass is 9.93. The normalized spacial score (nSPS) is 11.5. The minimum atomic E-state index is -0.681. The number of amides is 2. The van der Waals surface area contributed by atoms with Crippen molar-refractivity contribution in [2.75, 3.05) is 20.3 Å². The molecule has 27 heavy (non-hydrogen) atoms. The minimum absolute atomic E-state index is 0.0763. The van der Waals surface area contributed by atoms with Crippen molar-refractivity contribution >= 4 is 11.8 Å². The number of rotatable bonds is 9. The average Bonchev–Trinajstić information content (AvgIpc) is 2.72. The lowest BCUT2D eigenvalue weighted by Gasteiger charge is -2.16. The van der Waals surface area contributed by atoms with Gasteiger partial charge >= 0.3 is 11.8 Å². The molecule has 1 atom stereocenters. The Morgan fingerprint density at radius 2 is 1.63 bits per heavy atom. The van der Waals surface area contributed by atoms with Crippen LogP contribution < -0.4 is 15.4 Å². The van der Waals surface area contributed by atoms with Crippen LogP contribution in [0.15, 0.2) is 54.6 Å². The first-order valence-electron chi connectivity index (χ1n) is 8.99. The molecule has 3 N–H and O–H groups in total. The van der Waals surface area contributed by atoms with Gasteiger partial charge < -0.3 is 20.5 Å². The smallest absolute Gasteiger partial charge is 0.309 e.